The Balaban J connectivity index is 1.94. The van der Waals surface area contributed by atoms with Crippen molar-refractivity contribution in [3.05, 3.63) is 46.3 Å². The zero-order valence-corrected chi connectivity index (χ0v) is 13.4. The first-order chi connectivity index (χ1) is 10.6. The van der Waals surface area contributed by atoms with Gasteiger partial charge < -0.3 is 14.7 Å². The third-order valence-corrected chi connectivity index (χ3v) is 3.94. The molecule has 0 saturated heterocycles. The molecular weight excluding hydrogens is 302 g/mol. The second-order valence-electron chi connectivity index (χ2n) is 4.85. The largest absolute Gasteiger partial charge is 0.467 e. The van der Waals surface area contributed by atoms with Crippen LogP contribution in [-0.2, 0) is 17.8 Å². The molecule has 6 nitrogen and oxygen atoms in total. The van der Waals surface area contributed by atoms with Crippen molar-refractivity contribution in [3.8, 4) is 0 Å². The Morgan fingerprint density at radius 3 is 3.05 bits per heavy atom. The van der Waals surface area contributed by atoms with Gasteiger partial charge in [0.2, 0.25) is 5.91 Å². The van der Waals surface area contributed by atoms with Crippen molar-refractivity contribution in [2.75, 3.05) is 0 Å². The number of nitrogens with zero attached hydrogens (tertiary/aromatic N) is 1. The Kier molecular flexibility index (Phi) is 5.83. The van der Waals surface area contributed by atoms with Crippen molar-refractivity contribution in [1.29, 1.82) is 0 Å². The molecule has 2 aromatic heterocycles. The molecule has 0 unspecified atom stereocenters. The minimum Gasteiger partial charge on any atom is -0.467 e. The Morgan fingerprint density at radius 1 is 1.55 bits per heavy atom. The summed E-state index contributed by atoms with van der Waals surface area (Å²) in [7, 11) is 0. The highest BCUT2D eigenvalue weighted by molar-refractivity contribution is 8.00. The van der Waals surface area contributed by atoms with Crippen LogP contribution in [0.4, 0.5) is 0 Å². The Bertz CT molecular complexity index is 667. The molecule has 2 heterocycles. The fraction of sp³-hybridized carbons (Fsp3) is 0.400. The van der Waals surface area contributed by atoms with Crippen LogP contribution in [0.25, 0.3) is 0 Å². The van der Waals surface area contributed by atoms with Crippen LogP contribution in [-0.4, -0.2) is 21.1 Å². The summed E-state index contributed by atoms with van der Waals surface area (Å²) < 4.78 is 5.16. The number of hydrogen-bond donors (Lipinski definition) is 2. The number of aryl methyl sites for hydroxylation is 1. The summed E-state index contributed by atoms with van der Waals surface area (Å²) in [6.45, 7) is 4.14. The van der Waals surface area contributed by atoms with Crippen LogP contribution >= 0.6 is 11.8 Å². The van der Waals surface area contributed by atoms with Crippen LogP contribution in [0.15, 0.2) is 38.8 Å². The minimum absolute atomic E-state index is 0.134. The van der Waals surface area contributed by atoms with Gasteiger partial charge >= 0.3 is 0 Å². The molecular formula is C15H19N3O3S. The molecule has 7 heteroatoms. The maximum atomic E-state index is 12.0. The number of aromatic nitrogens is 2. The van der Waals surface area contributed by atoms with E-state index in [1.165, 1.54) is 17.8 Å². The molecule has 0 aliphatic carbocycles. The topological polar surface area (TPSA) is 88.0 Å². The molecule has 0 spiro atoms. The molecule has 2 rings (SSSR count). The smallest absolute Gasteiger partial charge is 0.251 e. The number of rotatable bonds is 7. The fourth-order valence-corrected chi connectivity index (χ4v) is 2.73. The van der Waals surface area contributed by atoms with E-state index in [1.54, 1.807) is 25.3 Å². The number of nitrogens with one attached hydrogen (secondary N) is 2. The molecule has 0 aliphatic heterocycles. The van der Waals surface area contributed by atoms with Crippen molar-refractivity contribution in [3.63, 3.8) is 0 Å². The lowest BCUT2D eigenvalue weighted by Crippen LogP contribution is -2.30. The van der Waals surface area contributed by atoms with Gasteiger partial charge in [-0.3, -0.25) is 9.59 Å². The quantitative estimate of drug-likeness (QED) is 0.602. The van der Waals surface area contributed by atoms with E-state index in [4.69, 9.17) is 4.42 Å². The van der Waals surface area contributed by atoms with E-state index in [0.717, 1.165) is 18.5 Å². The van der Waals surface area contributed by atoms with Gasteiger partial charge in [-0.2, -0.15) is 0 Å². The van der Waals surface area contributed by atoms with E-state index >= 15 is 0 Å². The van der Waals surface area contributed by atoms with Crippen molar-refractivity contribution in [2.24, 2.45) is 0 Å². The summed E-state index contributed by atoms with van der Waals surface area (Å²) in [6, 6.07) is 5.06. The number of thioether (sulfide) groups is 1. The molecule has 22 heavy (non-hydrogen) atoms. The fourth-order valence-electron chi connectivity index (χ4n) is 1.88. The van der Waals surface area contributed by atoms with Crippen molar-refractivity contribution < 1.29 is 9.21 Å². The maximum absolute atomic E-state index is 12.0. The molecule has 0 radical (unpaired) electrons. The first-order valence-electron chi connectivity index (χ1n) is 7.15. The van der Waals surface area contributed by atoms with E-state index in [2.05, 4.69) is 15.3 Å². The van der Waals surface area contributed by atoms with Gasteiger partial charge in [0.15, 0.2) is 5.16 Å². The molecule has 0 fully saturated rings. The third-order valence-electron chi connectivity index (χ3n) is 2.95. The summed E-state index contributed by atoms with van der Waals surface area (Å²) in [4.78, 5) is 30.7. The molecule has 2 aromatic rings. The lowest BCUT2D eigenvalue weighted by molar-refractivity contribution is -0.120. The number of carbonyl (C=O) groups excluding carboxylic acids is 1. The summed E-state index contributed by atoms with van der Waals surface area (Å²) in [6.07, 6.45) is 3.23. The molecule has 1 amide bonds. The third kappa shape index (κ3) is 4.77. The van der Waals surface area contributed by atoms with Crippen molar-refractivity contribution in [1.82, 2.24) is 15.3 Å². The molecule has 2 N–H and O–H groups in total. The maximum Gasteiger partial charge on any atom is 0.251 e. The predicted octanol–water partition coefficient (Wildman–Crippen LogP) is 2.11. The number of H-pyrrole nitrogens is 1. The lowest BCUT2D eigenvalue weighted by Gasteiger charge is -2.11. The summed E-state index contributed by atoms with van der Waals surface area (Å²) in [5.41, 5.74) is 0.557. The van der Waals surface area contributed by atoms with Crippen LogP contribution < -0.4 is 10.9 Å². The number of hydrogen-bond acceptors (Lipinski definition) is 5. The van der Waals surface area contributed by atoms with Gasteiger partial charge in [0, 0.05) is 11.8 Å². The van der Waals surface area contributed by atoms with E-state index in [9.17, 15) is 9.59 Å². The van der Waals surface area contributed by atoms with Crippen molar-refractivity contribution in [2.45, 2.75) is 43.6 Å². The Morgan fingerprint density at radius 2 is 2.36 bits per heavy atom. The van der Waals surface area contributed by atoms with Gasteiger partial charge in [-0.05, 0) is 25.5 Å². The second-order valence-corrected chi connectivity index (χ2v) is 6.18. The van der Waals surface area contributed by atoms with Gasteiger partial charge in [-0.15, -0.1) is 0 Å². The molecule has 118 valence electrons. The highest BCUT2D eigenvalue weighted by atomic mass is 32.2. The first kappa shape index (κ1) is 16.4. The lowest BCUT2D eigenvalue weighted by atomic mass is 10.2. The van der Waals surface area contributed by atoms with Crippen LogP contribution in [0, 0.1) is 0 Å². The highest BCUT2D eigenvalue weighted by Crippen LogP contribution is 2.18. The average molecular weight is 321 g/mol. The molecule has 0 aliphatic rings. The van der Waals surface area contributed by atoms with Crippen molar-refractivity contribution >= 4 is 17.7 Å². The van der Waals surface area contributed by atoms with Crippen LogP contribution in [0.1, 0.15) is 31.7 Å². The zero-order valence-electron chi connectivity index (χ0n) is 12.6. The molecule has 0 saturated carbocycles. The Hall–Kier alpha value is -2.02. The standard InChI is InChI=1S/C15H19N3O3S/c1-3-5-11-8-13(19)18-15(17-11)22-10(2)14(20)16-9-12-6-4-7-21-12/h4,6-8,10H,3,5,9H2,1-2H3,(H,16,20)(H,17,18,19)/t10-/m0/s1. The highest BCUT2D eigenvalue weighted by Gasteiger charge is 2.16. The number of amides is 1. The van der Waals surface area contributed by atoms with E-state index in [0.29, 0.717) is 17.5 Å². The van der Waals surface area contributed by atoms with Crippen LogP contribution in [0.3, 0.4) is 0 Å². The van der Waals surface area contributed by atoms with Gasteiger partial charge in [-0.1, -0.05) is 25.1 Å². The number of aromatic amines is 1. The number of furan rings is 1. The van der Waals surface area contributed by atoms with Gasteiger partial charge in [0.05, 0.1) is 18.1 Å². The minimum atomic E-state index is -0.366. The van der Waals surface area contributed by atoms with Gasteiger partial charge in [0.25, 0.3) is 5.56 Å². The summed E-state index contributed by atoms with van der Waals surface area (Å²) in [5, 5.41) is 2.89. The second kappa shape index (κ2) is 7.84. The molecule has 0 bridgehead atoms. The zero-order chi connectivity index (χ0) is 15.9. The average Bonchev–Trinajstić information content (AvgIpc) is 2.97. The summed E-state index contributed by atoms with van der Waals surface area (Å²) >= 11 is 1.23. The molecule has 1 atom stereocenters. The number of carbonyl (C=O) groups is 1. The van der Waals surface area contributed by atoms with Gasteiger partial charge in [-0.25, -0.2) is 4.98 Å². The normalized spacial score (nSPS) is 12.1. The van der Waals surface area contributed by atoms with Crippen LogP contribution in [0.5, 0.6) is 0 Å². The van der Waals surface area contributed by atoms with Gasteiger partial charge in [0.1, 0.15) is 5.76 Å². The Labute approximate surface area is 132 Å². The monoisotopic (exact) mass is 321 g/mol. The van der Waals surface area contributed by atoms with E-state index < -0.39 is 0 Å². The predicted molar refractivity (Wildman–Crippen MR) is 84.7 cm³/mol. The summed E-state index contributed by atoms with van der Waals surface area (Å²) in [5.74, 6) is 0.562. The van der Waals surface area contributed by atoms with Crippen LogP contribution in [0.2, 0.25) is 0 Å². The van der Waals surface area contributed by atoms with E-state index in [-0.39, 0.29) is 16.7 Å². The SMILES string of the molecule is CCCc1cc(=O)[nH]c(S[C@@H](C)C(=O)NCc2ccco2)n1. The first-order valence-corrected chi connectivity index (χ1v) is 8.03. The van der Waals surface area contributed by atoms with E-state index in [1.807, 2.05) is 6.92 Å². The molecule has 0 aromatic carbocycles.